The van der Waals surface area contributed by atoms with E-state index in [-0.39, 0.29) is 18.0 Å². The van der Waals surface area contributed by atoms with Gasteiger partial charge in [-0.1, -0.05) is 12.1 Å². The van der Waals surface area contributed by atoms with Crippen LogP contribution >= 0.6 is 12.2 Å². The van der Waals surface area contributed by atoms with Crippen molar-refractivity contribution in [3.8, 4) is 0 Å². The third-order valence-corrected chi connectivity index (χ3v) is 6.90. The van der Waals surface area contributed by atoms with Gasteiger partial charge in [-0.2, -0.15) is 0 Å². The number of aryl methyl sites for hydroxylation is 2. The number of piperidine rings is 1. The molecule has 0 unspecified atom stereocenters. The number of carbonyl (C=O) groups is 2. The summed E-state index contributed by atoms with van der Waals surface area (Å²) in [6, 6.07) is 13.5. The SMILES string of the molecule is CCOC(=O)c1ccc(NC(=O)NC2C[C@H]3CC[C@H](C2)N3C(=S)Nc2cc(C)ccc2C)cc1. The maximum absolute atomic E-state index is 12.6. The number of hydrogen-bond donors (Lipinski definition) is 3. The number of fused-ring (bicyclic) bond motifs is 2. The maximum Gasteiger partial charge on any atom is 0.338 e. The Balaban J connectivity index is 1.31. The fraction of sp³-hybridized carbons (Fsp3) is 0.423. The van der Waals surface area contributed by atoms with Gasteiger partial charge in [-0.15, -0.1) is 0 Å². The fourth-order valence-corrected chi connectivity index (χ4v) is 5.34. The lowest BCUT2D eigenvalue weighted by atomic mass is 9.98. The summed E-state index contributed by atoms with van der Waals surface area (Å²) >= 11 is 5.79. The topological polar surface area (TPSA) is 82.7 Å². The van der Waals surface area contributed by atoms with Gasteiger partial charge < -0.3 is 25.6 Å². The number of carbonyl (C=O) groups excluding carboxylic acids is 2. The van der Waals surface area contributed by atoms with Gasteiger partial charge in [0, 0.05) is 29.5 Å². The van der Waals surface area contributed by atoms with Crippen LogP contribution in [-0.4, -0.2) is 46.7 Å². The highest BCUT2D eigenvalue weighted by molar-refractivity contribution is 7.80. The molecule has 2 fully saturated rings. The molecule has 2 saturated heterocycles. The second-order valence-corrected chi connectivity index (χ2v) is 9.49. The molecule has 8 heteroatoms. The molecule has 2 bridgehead atoms. The quantitative estimate of drug-likeness (QED) is 0.413. The number of rotatable bonds is 5. The molecule has 0 spiro atoms. The molecular weight excluding hydrogens is 448 g/mol. The van der Waals surface area contributed by atoms with E-state index >= 15 is 0 Å². The summed E-state index contributed by atoms with van der Waals surface area (Å²) in [7, 11) is 0. The number of nitrogens with zero attached hydrogens (tertiary/aromatic N) is 1. The van der Waals surface area contributed by atoms with E-state index in [2.05, 4.69) is 52.9 Å². The highest BCUT2D eigenvalue weighted by Crippen LogP contribution is 2.36. The Hall–Kier alpha value is -3.13. The minimum Gasteiger partial charge on any atom is -0.462 e. The maximum atomic E-state index is 12.6. The molecule has 7 nitrogen and oxygen atoms in total. The van der Waals surface area contributed by atoms with E-state index in [1.807, 2.05) is 0 Å². The summed E-state index contributed by atoms with van der Waals surface area (Å²) in [6.07, 6.45) is 3.88. The molecule has 4 rings (SSSR count). The molecule has 2 aliphatic rings. The zero-order chi connectivity index (χ0) is 24.2. The summed E-state index contributed by atoms with van der Waals surface area (Å²) in [5, 5.41) is 10.2. The van der Waals surface area contributed by atoms with Crippen molar-refractivity contribution in [2.24, 2.45) is 0 Å². The molecule has 2 aromatic rings. The van der Waals surface area contributed by atoms with Gasteiger partial charge in [0.2, 0.25) is 0 Å². The van der Waals surface area contributed by atoms with E-state index in [0.717, 1.165) is 36.5 Å². The molecule has 3 N–H and O–H groups in total. The second-order valence-electron chi connectivity index (χ2n) is 9.11. The lowest BCUT2D eigenvalue weighted by Gasteiger charge is -2.40. The van der Waals surface area contributed by atoms with Crippen molar-refractivity contribution in [2.75, 3.05) is 17.2 Å². The van der Waals surface area contributed by atoms with Crippen LogP contribution in [0.1, 0.15) is 54.1 Å². The van der Waals surface area contributed by atoms with Gasteiger partial charge in [0.1, 0.15) is 0 Å². The highest BCUT2D eigenvalue weighted by Gasteiger charge is 2.42. The lowest BCUT2D eigenvalue weighted by molar-refractivity contribution is 0.0526. The summed E-state index contributed by atoms with van der Waals surface area (Å²) in [5.41, 5.74) is 4.51. The van der Waals surface area contributed by atoms with E-state index < -0.39 is 0 Å². The van der Waals surface area contributed by atoms with Crippen molar-refractivity contribution in [2.45, 2.75) is 64.6 Å². The van der Waals surface area contributed by atoms with Crippen LogP contribution in [0.25, 0.3) is 0 Å². The number of hydrogen-bond acceptors (Lipinski definition) is 4. The number of amides is 2. The number of anilines is 2. The minimum absolute atomic E-state index is 0.0936. The van der Waals surface area contributed by atoms with Gasteiger partial charge in [-0.3, -0.25) is 0 Å². The van der Waals surface area contributed by atoms with E-state index in [4.69, 9.17) is 17.0 Å². The van der Waals surface area contributed by atoms with Crippen LogP contribution < -0.4 is 16.0 Å². The number of urea groups is 1. The third kappa shape index (κ3) is 5.50. The first-order valence-electron chi connectivity index (χ1n) is 11.8. The van der Waals surface area contributed by atoms with Crippen molar-refractivity contribution in [3.63, 3.8) is 0 Å². The Kier molecular flexibility index (Phi) is 7.36. The number of nitrogens with one attached hydrogen (secondary N) is 3. The largest absolute Gasteiger partial charge is 0.462 e. The normalized spacial score (nSPS) is 21.0. The van der Waals surface area contributed by atoms with Gasteiger partial charge in [-0.25, -0.2) is 9.59 Å². The van der Waals surface area contributed by atoms with Crippen LogP contribution in [0.15, 0.2) is 42.5 Å². The smallest absolute Gasteiger partial charge is 0.338 e. The molecule has 2 aliphatic heterocycles. The average Bonchev–Trinajstić information content (AvgIpc) is 3.07. The van der Waals surface area contributed by atoms with Crippen molar-refractivity contribution in [1.29, 1.82) is 0 Å². The molecule has 2 heterocycles. The van der Waals surface area contributed by atoms with Crippen LogP contribution in [0.4, 0.5) is 16.2 Å². The Labute approximate surface area is 206 Å². The molecule has 0 aliphatic carbocycles. The van der Waals surface area contributed by atoms with Gasteiger partial charge in [0.15, 0.2) is 5.11 Å². The van der Waals surface area contributed by atoms with E-state index in [9.17, 15) is 9.59 Å². The Morgan fingerprint density at radius 2 is 1.71 bits per heavy atom. The zero-order valence-corrected chi connectivity index (χ0v) is 20.7. The second kappa shape index (κ2) is 10.4. The molecule has 2 amide bonds. The number of esters is 1. The zero-order valence-electron chi connectivity index (χ0n) is 19.9. The predicted molar refractivity (Wildman–Crippen MR) is 138 cm³/mol. The average molecular weight is 481 g/mol. The predicted octanol–water partition coefficient (Wildman–Crippen LogP) is 4.99. The van der Waals surface area contributed by atoms with Gasteiger partial charge >= 0.3 is 12.0 Å². The molecular formula is C26H32N4O3S. The van der Waals surface area contributed by atoms with Gasteiger partial charge in [-0.05, 0) is 100 Å². The van der Waals surface area contributed by atoms with Crippen LogP contribution in [0, 0.1) is 13.8 Å². The molecule has 0 aromatic heterocycles. The summed E-state index contributed by atoms with van der Waals surface area (Å²) < 4.78 is 4.99. The van der Waals surface area contributed by atoms with E-state index in [1.54, 1.807) is 31.2 Å². The Morgan fingerprint density at radius 3 is 2.35 bits per heavy atom. The minimum atomic E-state index is -0.370. The monoisotopic (exact) mass is 480 g/mol. The molecule has 0 saturated carbocycles. The Bertz CT molecular complexity index is 1060. The number of benzene rings is 2. The van der Waals surface area contributed by atoms with Crippen LogP contribution in [0.2, 0.25) is 0 Å². The Morgan fingerprint density at radius 1 is 1.03 bits per heavy atom. The summed E-state index contributed by atoms with van der Waals surface area (Å²) in [4.78, 5) is 26.7. The molecule has 2 aromatic carbocycles. The first-order chi connectivity index (χ1) is 16.3. The van der Waals surface area contributed by atoms with Crippen LogP contribution in [0.5, 0.6) is 0 Å². The van der Waals surface area contributed by atoms with Crippen molar-refractivity contribution >= 4 is 40.7 Å². The first-order valence-corrected chi connectivity index (χ1v) is 12.3. The van der Waals surface area contributed by atoms with Gasteiger partial charge in [0.25, 0.3) is 0 Å². The van der Waals surface area contributed by atoms with Crippen molar-refractivity contribution in [3.05, 3.63) is 59.2 Å². The van der Waals surface area contributed by atoms with Crippen molar-refractivity contribution < 1.29 is 14.3 Å². The first kappa shape index (κ1) is 24.0. The van der Waals surface area contributed by atoms with Gasteiger partial charge in [0.05, 0.1) is 12.2 Å². The summed E-state index contributed by atoms with van der Waals surface area (Å²) in [6.45, 7) is 6.25. The molecule has 34 heavy (non-hydrogen) atoms. The molecule has 180 valence electrons. The molecule has 0 radical (unpaired) electrons. The number of thiocarbonyl (C=S) groups is 1. The number of ether oxygens (including phenoxy) is 1. The highest BCUT2D eigenvalue weighted by atomic mass is 32.1. The third-order valence-electron chi connectivity index (χ3n) is 6.59. The lowest BCUT2D eigenvalue weighted by Crippen LogP contribution is -2.54. The summed E-state index contributed by atoms with van der Waals surface area (Å²) in [5.74, 6) is -0.370. The fourth-order valence-electron chi connectivity index (χ4n) is 4.93. The van der Waals surface area contributed by atoms with Crippen LogP contribution in [0.3, 0.4) is 0 Å². The van der Waals surface area contributed by atoms with E-state index in [1.165, 1.54) is 11.1 Å². The van der Waals surface area contributed by atoms with Crippen LogP contribution in [-0.2, 0) is 4.74 Å². The van der Waals surface area contributed by atoms with E-state index in [0.29, 0.717) is 29.9 Å². The van der Waals surface area contributed by atoms with Crippen molar-refractivity contribution in [1.82, 2.24) is 10.2 Å². The molecule has 2 atom stereocenters. The standard InChI is InChI=1S/C26H32N4O3S/c1-4-33-24(31)18-7-9-19(10-8-18)27-25(32)28-20-14-21-11-12-22(15-20)30(21)26(34)29-23-13-16(2)5-6-17(23)3/h5-10,13,20-22H,4,11-12,14-15H2,1-3H3,(H,29,34)(H2,27,28,32)/t21-,22-/m1/s1.